The van der Waals surface area contributed by atoms with E-state index in [0.29, 0.717) is 6.54 Å². The van der Waals surface area contributed by atoms with Gasteiger partial charge in [0.1, 0.15) is 0 Å². The molecule has 0 bridgehead atoms. The van der Waals surface area contributed by atoms with Gasteiger partial charge in [-0.2, -0.15) is 0 Å². The summed E-state index contributed by atoms with van der Waals surface area (Å²) in [5.74, 6) is 0. The fraction of sp³-hybridized carbons (Fsp3) is 0.167. The van der Waals surface area contributed by atoms with Crippen molar-refractivity contribution in [3.63, 3.8) is 0 Å². The summed E-state index contributed by atoms with van der Waals surface area (Å²) < 4.78 is 2.07. The van der Waals surface area contributed by atoms with Gasteiger partial charge in [0.05, 0.1) is 0 Å². The molecule has 0 aliphatic rings. The van der Waals surface area contributed by atoms with E-state index >= 15 is 0 Å². The minimum absolute atomic E-state index is 0.527. The van der Waals surface area contributed by atoms with Crippen molar-refractivity contribution in [3.05, 3.63) is 52.8 Å². The molecule has 0 fully saturated rings. The van der Waals surface area contributed by atoms with Crippen molar-refractivity contribution < 1.29 is 0 Å². The Morgan fingerprint density at radius 1 is 1.33 bits per heavy atom. The quantitative estimate of drug-likeness (QED) is 0.829. The average Bonchev–Trinajstić information content (AvgIpc) is 2.69. The largest absolute Gasteiger partial charge is 0.325 e. The highest BCUT2D eigenvalue weighted by Crippen LogP contribution is 2.21. The fourth-order valence-corrected chi connectivity index (χ4v) is 1.83. The van der Waals surface area contributed by atoms with Gasteiger partial charge in [-0.1, -0.05) is 17.7 Å². The molecule has 2 N–H and O–H groups in total. The van der Waals surface area contributed by atoms with Gasteiger partial charge in [-0.05, 0) is 36.8 Å². The van der Waals surface area contributed by atoms with Gasteiger partial charge in [0, 0.05) is 29.1 Å². The second kappa shape index (κ2) is 4.09. The standard InChI is InChI=1S/C12H13ClN2/c1-9-4-5-10(13)7-12(9)15-6-2-3-11(15)8-14/h2-7H,8,14H2,1H3. The number of rotatable bonds is 2. The van der Waals surface area contributed by atoms with E-state index in [4.69, 9.17) is 17.3 Å². The van der Waals surface area contributed by atoms with E-state index < -0.39 is 0 Å². The molecule has 3 heteroatoms. The fourth-order valence-electron chi connectivity index (χ4n) is 1.66. The Labute approximate surface area is 94.3 Å². The van der Waals surface area contributed by atoms with Crippen LogP contribution in [-0.4, -0.2) is 4.57 Å². The van der Waals surface area contributed by atoms with Crippen LogP contribution in [-0.2, 0) is 6.54 Å². The molecule has 1 aromatic heterocycles. The van der Waals surface area contributed by atoms with Gasteiger partial charge < -0.3 is 10.3 Å². The van der Waals surface area contributed by atoms with Crippen molar-refractivity contribution >= 4 is 11.6 Å². The summed E-state index contributed by atoms with van der Waals surface area (Å²) in [4.78, 5) is 0. The van der Waals surface area contributed by atoms with Crippen molar-refractivity contribution in [2.45, 2.75) is 13.5 Å². The van der Waals surface area contributed by atoms with Crippen LogP contribution in [0.4, 0.5) is 0 Å². The molecule has 2 nitrogen and oxygen atoms in total. The Hall–Kier alpha value is -1.25. The summed E-state index contributed by atoms with van der Waals surface area (Å²) in [5, 5.41) is 0.743. The minimum atomic E-state index is 0.527. The van der Waals surface area contributed by atoms with Crippen molar-refractivity contribution in [2.75, 3.05) is 0 Å². The molecule has 0 aliphatic heterocycles. The maximum atomic E-state index is 5.98. The van der Waals surface area contributed by atoms with Gasteiger partial charge in [-0.15, -0.1) is 0 Å². The van der Waals surface area contributed by atoms with Crippen LogP contribution in [0.15, 0.2) is 36.5 Å². The molecule has 2 aromatic rings. The van der Waals surface area contributed by atoms with Gasteiger partial charge in [-0.25, -0.2) is 0 Å². The first kappa shape index (κ1) is 10.3. The van der Waals surface area contributed by atoms with Crippen LogP contribution in [0, 0.1) is 6.92 Å². The van der Waals surface area contributed by atoms with E-state index in [2.05, 4.69) is 11.5 Å². The number of hydrogen-bond donors (Lipinski definition) is 1. The van der Waals surface area contributed by atoms with E-state index in [-0.39, 0.29) is 0 Å². The third-order valence-electron chi connectivity index (χ3n) is 2.47. The zero-order valence-electron chi connectivity index (χ0n) is 8.57. The molecule has 0 saturated heterocycles. The Balaban J connectivity index is 2.58. The zero-order valence-corrected chi connectivity index (χ0v) is 9.33. The van der Waals surface area contributed by atoms with E-state index in [0.717, 1.165) is 16.4 Å². The van der Waals surface area contributed by atoms with Gasteiger partial charge in [0.15, 0.2) is 0 Å². The first-order valence-electron chi connectivity index (χ1n) is 4.85. The Morgan fingerprint density at radius 3 is 2.87 bits per heavy atom. The van der Waals surface area contributed by atoms with Crippen LogP contribution < -0.4 is 5.73 Å². The van der Waals surface area contributed by atoms with Crippen molar-refractivity contribution in [3.8, 4) is 5.69 Å². The molecule has 15 heavy (non-hydrogen) atoms. The minimum Gasteiger partial charge on any atom is -0.325 e. The molecule has 2 rings (SSSR count). The third-order valence-corrected chi connectivity index (χ3v) is 2.71. The van der Waals surface area contributed by atoms with Gasteiger partial charge in [0.25, 0.3) is 0 Å². The monoisotopic (exact) mass is 220 g/mol. The SMILES string of the molecule is Cc1ccc(Cl)cc1-n1cccc1CN. The van der Waals surface area contributed by atoms with Crippen LogP contribution in [0.25, 0.3) is 5.69 Å². The summed E-state index contributed by atoms with van der Waals surface area (Å²) in [5.41, 5.74) is 9.03. The van der Waals surface area contributed by atoms with Crippen LogP contribution in [0.3, 0.4) is 0 Å². The second-order valence-electron chi connectivity index (χ2n) is 3.50. The average molecular weight is 221 g/mol. The molecule has 1 heterocycles. The number of nitrogens with zero attached hydrogens (tertiary/aromatic N) is 1. The summed E-state index contributed by atoms with van der Waals surface area (Å²) in [6.45, 7) is 2.59. The van der Waals surface area contributed by atoms with Gasteiger partial charge in [0.2, 0.25) is 0 Å². The molecular formula is C12H13ClN2. The first-order valence-corrected chi connectivity index (χ1v) is 5.23. The Morgan fingerprint density at radius 2 is 2.13 bits per heavy atom. The third kappa shape index (κ3) is 1.91. The highest BCUT2D eigenvalue weighted by Gasteiger charge is 2.04. The smallest absolute Gasteiger partial charge is 0.0496 e. The predicted molar refractivity (Wildman–Crippen MR) is 63.4 cm³/mol. The summed E-state index contributed by atoms with van der Waals surface area (Å²) >= 11 is 5.98. The Kier molecular flexibility index (Phi) is 2.80. The molecule has 0 saturated carbocycles. The first-order chi connectivity index (χ1) is 7.22. The maximum Gasteiger partial charge on any atom is 0.0496 e. The lowest BCUT2D eigenvalue weighted by atomic mass is 10.2. The second-order valence-corrected chi connectivity index (χ2v) is 3.94. The number of aryl methyl sites for hydroxylation is 1. The van der Waals surface area contributed by atoms with Crippen molar-refractivity contribution in [1.29, 1.82) is 0 Å². The van der Waals surface area contributed by atoms with E-state index in [9.17, 15) is 0 Å². The molecule has 0 atom stereocenters. The molecular weight excluding hydrogens is 208 g/mol. The molecule has 0 radical (unpaired) electrons. The normalized spacial score (nSPS) is 10.6. The molecule has 0 spiro atoms. The topological polar surface area (TPSA) is 30.9 Å². The molecule has 0 amide bonds. The van der Waals surface area contributed by atoms with Crippen molar-refractivity contribution in [2.24, 2.45) is 5.73 Å². The highest BCUT2D eigenvalue weighted by molar-refractivity contribution is 6.30. The lowest BCUT2D eigenvalue weighted by Crippen LogP contribution is -2.05. The van der Waals surface area contributed by atoms with Crippen molar-refractivity contribution in [1.82, 2.24) is 4.57 Å². The molecule has 0 aliphatic carbocycles. The Bertz CT molecular complexity index is 474. The number of aromatic nitrogens is 1. The van der Waals surface area contributed by atoms with Gasteiger partial charge >= 0.3 is 0 Å². The van der Waals surface area contributed by atoms with Crippen LogP contribution >= 0.6 is 11.6 Å². The molecule has 0 unspecified atom stereocenters. The van der Waals surface area contributed by atoms with Crippen LogP contribution in [0.2, 0.25) is 5.02 Å². The molecule has 78 valence electrons. The lowest BCUT2D eigenvalue weighted by Gasteiger charge is -2.11. The van der Waals surface area contributed by atoms with Gasteiger partial charge in [-0.3, -0.25) is 0 Å². The van der Waals surface area contributed by atoms with Crippen LogP contribution in [0.1, 0.15) is 11.3 Å². The number of nitrogens with two attached hydrogens (primary N) is 1. The number of benzene rings is 1. The maximum absolute atomic E-state index is 5.98. The lowest BCUT2D eigenvalue weighted by molar-refractivity contribution is 0.906. The van der Waals surface area contributed by atoms with E-state index in [1.807, 2.05) is 36.5 Å². The summed E-state index contributed by atoms with van der Waals surface area (Å²) in [7, 11) is 0. The van der Waals surface area contributed by atoms with Crippen LogP contribution in [0.5, 0.6) is 0 Å². The number of hydrogen-bond acceptors (Lipinski definition) is 1. The molecule has 1 aromatic carbocycles. The zero-order chi connectivity index (χ0) is 10.8. The summed E-state index contributed by atoms with van der Waals surface area (Å²) in [6, 6.07) is 9.86. The summed E-state index contributed by atoms with van der Waals surface area (Å²) in [6.07, 6.45) is 2.00. The number of halogens is 1. The van der Waals surface area contributed by atoms with E-state index in [1.54, 1.807) is 0 Å². The van der Waals surface area contributed by atoms with E-state index in [1.165, 1.54) is 5.56 Å². The predicted octanol–water partition coefficient (Wildman–Crippen LogP) is 2.90. The highest BCUT2D eigenvalue weighted by atomic mass is 35.5.